The molecule has 0 N–H and O–H groups in total. The molecule has 0 spiro atoms. The van der Waals surface area contributed by atoms with Crippen LogP contribution >= 0.6 is 11.8 Å². The average molecular weight is 394 g/mol. The molecule has 4 aromatic rings. The lowest BCUT2D eigenvalue weighted by Crippen LogP contribution is -2.07. The zero-order valence-electron chi connectivity index (χ0n) is 16.0. The summed E-state index contributed by atoms with van der Waals surface area (Å²) < 4.78 is 17.9. The summed E-state index contributed by atoms with van der Waals surface area (Å²) in [5, 5.41) is 1.45. The fourth-order valence-corrected chi connectivity index (χ4v) is 3.94. The minimum absolute atomic E-state index is 0.0416. The van der Waals surface area contributed by atoms with Gasteiger partial charge in [0.25, 0.3) is 0 Å². The number of hydrogen-bond acceptors (Lipinski definition) is 5. The monoisotopic (exact) mass is 394 g/mol. The van der Waals surface area contributed by atoms with Gasteiger partial charge >= 0.3 is 0 Å². The summed E-state index contributed by atoms with van der Waals surface area (Å²) >= 11 is 1.61. The van der Waals surface area contributed by atoms with Crippen LogP contribution in [0, 0.1) is 6.92 Å². The van der Waals surface area contributed by atoms with Crippen molar-refractivity contribution in [2.45, 2.75) is 25.5 Å². The highest BCUT2D eigenvalue weighted by Gasteiger charge is 2.20. The van der Waals surface area contributed by atoms with Crippen LogP contribution in [0.15, 0.2) is 62.4 Å². The number of hydrogen-bond donors (Lipinski definition) is 0. The number of thioether (sulfide) groups is 1. The molecule has 2 aromatic carbocycles. The smallest absolute Gasteiger partial charge is 0.206 e. The second-order valence-electron chi connectivity index (χ2n) is 6.77. The van der Waals surface area contributed by atoms with E-state index in [9.17, 15) is 4.79 Å². The van der Waals surface area contributed by atoms with Crippen LogP contribution in [-0.4, -0.2) is 12.9 Å². The molecule has 0 aliphatic carbocycles. The van der Waals surface area contributed by atoms with Gasteiger partial charge in [0, 0.05) is 11.5 Å². The maximum absolute atomic E-state index is 12.8. The highest BCUT2D eigenvalue weighted by molar-refractivity contribution is 7.97. The van der Waals surface area contributed by atoms with Crippen LogP contribution in [0.25, 0.3) is 21.9 Å². The van der Waals surface area contributed by atoms with Gasteiger partial charge < -0.3 is 13.6 Å². The van der Waals surface area contributed by atoms with E-state index in [1.807, 2.05) is 37.4 Å². The molecule has 0 aliphatic heterocycles. The summed E-state index contributed by atoms with van der Waals surface area (Å²) in [6.45, 7) is 2.43. The van der Waals surface area contributed by atoms with Crippen LogP contribution in [-0.2, 0) is 12.2 Å². The molecule has 0 aliphatic rings. The Morgan fingerprint density at radius 1 is 1.11 bits per heavy atom. The van der Waals surface area contributed by atoms with E-state index < -0.39 is 0 Å². The quantitative estimate of drug-likeness (QED) is 0.375. The predicted molar refractivity (Wildman–Crippen MR) is 114 cm³/mol. The molecule has 0 fully saturated rings. The van der Waals surface area contributed by atoms with Crippen molar-refractivity contribution in [2.24, 2.45) is 0 Å². The van der Waals surface area contributed by atoms with Crippen LogP contribution in [0.3, 0.4) is 0 Å². The normalized spacial score (nSPS) is 11.4. The fourth-order valence-electron chi connectivity index (χ4n) is 3.51. The van der Waals surface area contributed by atoms with E-state index in [1.54, 1.807) is 24.1 Å². The van der Waals surface area contributed by atoms with Crippen molar-refractivity contribution in [2.75, 3.05) is 12.9 Å². The summed E-state index contributed by atoms with van der Waals surface area (Å²) in [6.07, 6.45) is 5.39. The van der Waals surface area contributed by atoms with Gasteiger partial charge in [-0.25, -0.2) is 0 Å². The number of furan rings is 1. The van der Waals surface area contributed by atoms with Crippen LogP contribution in [0.1, 0.15) is 23.3 Å². The first-order valence-electron chi connectivity index (χ1n) is 9.31. The first kappa shape index (κ1) is 18.7. The van der Waals surface area contributed by atoms with Gasteiger partial charge in [-0.2, -0.15) is 11.8 Å². The Hall–Kier alpha value is -2.66. The molecule has 4 nitrogen and oxygen atoms in total. The van der Waals surface area contributed by atoms with E-state index >= 15 is 0 Å². The number of ether oxygens (including phenoxy) is 1. The lowest BCUT2D eigenvalue weighted by atomic mass is 10.0. The number of aryl methyl sites for hydroxylation is 2. The van der Waals surface area contributed by atoms with E-state index in [-0.39, 0.29) is 5.43 Å². The molecular weight excluding hydrogens is 372 g/mol. The number of rotatable bonds is 7. The Bertz CT molecular complexity index is 1160. The molecule has 0 radical (unpaired) electrons. The minimum atomic E-state index is -0.0416. The fraction of sp³-hybridized carbons (Fsp3) is 0.261. The van der Waals surface area contributed by atoms with Crippen molar-refractivity contribution >= 4 is 33.7 Å². The second kappa shape index (κ2) is 8.15. The summed E-state index contributed by atoms with van der Waals surface area (Å²) in [6, 6.07) is 13.8. The molecule has 2 aromatic heterocycles. The molecule has 28 heavy (non-hydrogen) atoms. The van der Waals surface area contributed by atoms with Crippen LogP contribution in [0.2, 0.25) is 0 Å². The first-order valence-corrected chi connectivity index (χ1v) is 10.7. The van der Waals surface area contributed by atoms with Gasteiger partial charge in [-0.1, -0.05) is 30.3 Å². The SMILES string of the molecule is CSCc1cc(=O)c2c(C)c3ccoc3c(OCCCc3ccccc3)c2o1. The molecule has 144 valence electrons. The Labute approximate surface area is 167 Å². The Morgan fingerprint density at radius 3 is 2.71 bits per heavy atom. The highest BCUT2D eigenvalue weighted by Crippen LogP contribution is 2.38. The molecule has 0 amide bonds. The molecule has 0 atom stereocenters. The van der Waals surface area contributed by atoms with E-state index in [1.165, 1.54) is 5.56 Å². The Balaban J connectivity index is 1.71. The third-order valence-electron chi connectivity index (χ3n) is 4.84. The van der Waals surface area contributed by atoms with Gasteiger partial charge in [0.05, 0.1) is 24.0 Å². The standard InChI is InChI=1S/C23H22O4S/c1-15-18-10-12-26-21(18)23(25-11-6-9-16-7-4-3-5-8-16)22-20(15)19(24)13-17(27-22)14-28-2/h3-5,7-8,10,12-13H,6,9,11,14H2,1-2H3. The van der Waals surface area contributed by atoms with Gasteiger partial charge in [0.15, 0.2) is 16.6 Å². The van der Waals surface area contributed by atoms with E-state index in [2.05, 4.69) is 12.1 Å². The van der Waals surface area contributed by atoms with Crippen LogP contribution in [0.4, 0.5) is 0 Å². The molecule has 0 unspecified atom stereocenters. The summed E-state index contributed by atoms with van der Waals surface area (Å²) in [5.74, 6) is 1.80. The molecular formula is C23H22O4S. The Morgan fingerprint density at radius 2 is 1.93 bits per heavy atom. The topological polar surface area (TPSA) is 52.6 Å². The highest BCUT2D eigenvalue weighted by atomic mass is 32.2. The van der Waals surface area contributed by atoms with Gasteiger partial charge in [-0.15, -0.1) is 0 Å². The second-order valence-corrected chi connectivity index (χ2v) is 7.64. The Kier molecular flexibility index (Phi) is 5.44. The largest absolute Gasteiger partial charge is 0.486 e. The van der Waals surface area contributed by atoms with Gasteiger partial charge in [0.1, 0.15) is 5.76 Å². The van der Waals surface area contributed by atoms with Gasteiger partial charge in [0.2, 0.25) is 5.75 Å². The molecule has 5 heteroatoms. The van der Waals surface area contributed by atoms with Crippen molar-refractivity contribution < 1.29 is 13.6 Å². The van der Waals surface area contributed by atoms with E-state index in [4.69, 9.17) is 13.6 Å². The maximum Gasteiger partial charge on any atom is 0.206 e. The summed E-state index contributed by atoms with van der Waals surface area (Å²) in [7, 11) is 0. The average Bonchev–Trinajstić information content (AvgIpc) is 3.18. The molecule has 0 bridgehead atoms. The van der Waals surface area contributed by atoms with Crippen molar-refractivity contribution in [3.05, 3.63) is 75.8 Å². The van der Waals surface area contributed by atoms with E-state index in [0.717, 1.165) is 23.8 Å². The van der Waals surface area contributed by atoms with Crippen LogP contribution in [0.5, 0.6) is 5.75 Å². The zero-order chi connectivity index (χ0) is 19.5. The first-order chi connectivity index (χ1) is 13.7. The lowest BCUT2D eigenvalue weighted by molar-refractivity contribution is 0.308. The minimum Gasteiger partial charge on any atom is -0.486 e. The summed E-state index contributed by atoms with van der Waals surface area (Å²) in [4.78, 5) is 12.8. The molecule has 2 heterocycles. The van der Waals surface area contributed by atoms with Gasteiger partial charge in [-0.05, 0) is 43.2 Å². The van der Waals surface area contributed by atoms with E-state index in [0.29, 0.717) is 40.4 Å². The van der Waals surface area contributed by atoms with Crippen molar-refractivity contribution in [1.82, 2.24) is 0 Å². The van der Waals surface area contributed by atoms with Crippen molar-refractivity contribution in [3.63, 3.8) is 0 Å². The summed E-state index contributed by atoms with van der Waals surface area (Å²) in [5.41, 5.74) is 3.21. The van der Waals surface area contributed by atoms with Crippen LogP contribution < -0.4 is 10.2 Å². The molecule has 0 saturated heterocycles. The third-order valence-corrected chi connectivity index (χ3v) is 5.41. The van der Waals surface area contributed by atoms with Crippen molar-refractivity contribution in [1.29, 1.82) is 0 Å². The molecule has 4 rings (SSSR count). The molecule has 0 saturated carbocycles. The predicted octanol–water partition coefficient (Wildman–Crippen LogP) is 5.72. The zero-order valence-corrected chi connectivity index (χ0v) is 16.8. The van der Waals surface area contributed by atoms with Gasteiger partial charge in [-0.3, -0.25) is 4.79 Å². The lowest BCUT2D eigenvalue weighted by Gasteiger charge is -2.12. The maximum atomic E-state index is 12.8. The number of benzene rings is 2. The van der Waals surface area contributed by atoms with Crippen molar-refractivity contribution in [3.8, 4) is 5.75 Å². The number of fused-ring (bicyclic) bond motifs is 2. The third kappa shape index (κ3) is 3.54.